The molecular formula is C14H17N3O4S. The molecule has 1 aromatic carbocycles. The summed E-state index contributed by atoms with van der Waals surface area (Å²) in [6.07, 6.45) is 2.14. The predicted octanol–water partition coefficient (Wildman–Crippen LogP) is 1.45. The van der Waals surface area contributed by atoms with Gasteiger partial charge in [-0.05, 0) is 25.0 Å². The molecule has 1 N–H and O–H groups in total. The van der Waals surface area contributed by atoms with Crippen molar-refractivity contribution < 1.29 is 17.7 Å². The van der Waals surface area contributed by atoms with Crippen LogP contribution in [0, 0.1) is 0 Å². The van der Waals surface area contributed by atoms with Gasteiger partial charge in [0.25, 0.3) is 0 Å². The summed E-state index contributed by atoms with van der Waals surface area (Å²) < 4.78 is 36.5. The molecule has 8 heteroatoms. The lowest BCUT2D eigenvalue weighted by molar-refractivity contribution is 0.339. The van der Waals surface area contributed by atoms with Gasteiger partial charge in [-0.3, -0.25) is 0 Å². The van der Waals surface area contributed by atoms with Gasteiger partial charge in [0.2, 0.25) is 15.9 Å². The number of ether oxygens (including phenoxy) is 1. The maximum atomic E-state index is 11.9. The van der Waals surface area contributed by atoms with Crippen molar-refractivity contribution in [1.29, 1.82) is 0 Å². The molecule has 0 aliphatic heterocycles. The first-order valence-electron chi connectivity index (χ1n) is 7.10. The summed E-state index contributed by atoms with van der Waals surface area (Å²) in [7, 11) is -3.45. The SMILES string of the molecule is O=S(=O)(CCOc1ccccc1)NCc1nc(C2CC2)no1. The van der Waals surface area contributed by atoms with Gasteiger partial charge in [0, 0.05) is 5.92 Å². The Morgan fingerprint density at radius 1 is 1.27 bits per heavy atom. The van der Waals surface area contributed by atoms with E-state index in [1.54, 1.807) is 12.1 Å². The van der Waals surface area contributed by atoms with E-state index < -0.39 is 10.0 Å². The Morgan fingerprint density at radius 2 is 2.05 bits per heavy atom. The minimum Gasteiger partial charge on any atom is -0.492 e. The normalized spacial score (nSPS) is 14.9. The number of sulfonamides is 1. The van der Waals surface area contributed by atoms with Crippen LogP contribution in [0.5, 0.6) is 5.75 Å². The van der Waals surface area contributed by atoms with E-state index in [4.69, 9.17) is 9.26 Å². The first-order chi connectivity index (χ1) is 10.6. The van der Waals surface area contributed by atoms with Crippen LogP contribution >= 0.6 is 0 Å². The Hall–Kier alpha value is -1.93. The number of para-hydroxylation sites is 1. The Balaban J connectivity index is 1.44. The fourth-order valence-corrected chi connectivity index (χ4v) is 2.67. The molecule has 0 radical (unpaired) electrons. The van der Waals surface area contributed by atoms with Gasteiger partial charge in [-0.25, -0.2) is 13.1 Å². The van der Waals surface area contributed by atoms with E-state index >= 15 is 0 Å². The minimum absolute atomic E-state index is 0.00733. The number of hydrogen-bond acceptors (Lipinski definition) is 6. The minimum atomic E-state index is -3.45. The standard InChI is InChI=1S/C14H17N3O4S/c18-22(19,9-8-20-12-4-2-1-3-5-12)15-10-13-16-14(17-21-13)11-6-7-11/h1-5,11,15H,6-10H2. The van der Waals surface area contributed by atoms with Crippen molar-refractivity contribution in [3.63, 3.8) is 0 Å². The first-order valence-corrected chi connectivity index (χ1v) is 8.75. The van der Waals surface area contributed by atoms with Crippen LogP contribution in [0.25, 0.3) is 0 Å². The zero-order valence-electron chi connectivity index (χ0n) is 11.9. The van der Waals surface area contributed by atoms with Crippen LogP contribution < -0.4 is 9.46 Å². The van der Waals surface area contributed by atoms with Crippen molar-refractivity contribution in [3.8, 4) is 5.75 Å². The zero-order chi connectivity index (χ0) is 15.4. The van der Waals surface area contributed by atoms with Crippen LogP contribution in [0.15, 0.2) is 34.9 Å². The molecule has 2 aromatic rings. The fourth-order valence-electron chi connectivity index (χ4n) is 1.88. The molecule has 118 valence electrons. The molecule has 1 fully saturated rings. The monoisotopic (exact) mass is 323 g/mol. The average molecular weight is 323 g/mol. The maximum Gasteiger partial charge on any atom is 0.241 e. The molecule has 1 saturated carbocycles. The number of hydrogen-bond donors (Lipinski definition) is 1. The molecule has 3 rings (SSSR count). The second kappa shape index (κ2) is 6.45. The third kappa shape index (κ3) is 4.28. The van der Waals surface area contributed by atoms with E-state index in [0.29, 0.717) is 17.5 Å². The van der Waals surface area contributed by atoms with Crippen molar-refractivity contribution in [2.75, 3.05) is 12.4 Å². The first kappa shape index (κ1) is 15.0. The number of nitrogens with zero attached hydrogens (tertiary/aromatic N) is 2. The van der Waals surface area contributed by atoms with Gasteiger partial charge >= 0.3 is 0 Å². The van der Waals surface area contributed by atoms with Crippen molar-refractivity contribution in [2.24, 2.45) is 0 Å². The Labute approximate surface area is 128 Å². The molecule has 1 aromatic heterocycles. The van der Waals surface area contributed by atoms with Crippen LogP contribution in [0.2, 0.25) is 0 Å². The van der Waals surface area contributed by atoms with Gasteiger partial charge in [0.15, 0.2) is 5.82 Å². The van der Waals surface area contributed by atoms with E-state index in [1.165, 1.54) is 0 Å². The van der Waals surface area contributed by atoms with E-state index in [9.17, 15) is 8.42 Å². The van der Waals surface area contributed by atoms with Crippen LogP contribution in [0.1, 0.15) is 30.5 Å². The highest BCUT2D eigenvalue weighted by Crippen LogP contribution is 2.38. The second-order valence-corrected chi connectivity index (χ2v) is 7.05. The smallest absolute Gasteiger partial charge is 0.241 e. The highest BCUT2D eigenvalue weighted by Gasteiger charge is 2.28. The lowest BCUT2D eigenvalue weighted by Gasteiger charge is -2.07. The molecule has 22 heavy (non-hydrogen) atoms. The van der Waals surface area contributed by atoms with Gasteiger partial charge in [0.1, 0.15) is 12.4 Å². The van der Waals surface area contributed by atoms with Crippen LogP contribution in [0.4, 0.5) is 0 Å². The molecule has 0 bridgehead atoms. The highest BCUT2D eigenvalue weighted by molar-refractivity contribution is 7.89. The molecule has 1 heterocycles. The van der Waals surface area contributed by atoms with Crippen molar-refractivity contribution >= 4 is 10.0 Å². The van der Waals surface area contributed by atoms with Crippen LogP contribution in [0.3, 0.4) is 0 Å². The van der Waals surface area contributed by atoms with Gasteiger partial charge in [0.05, 0.1) is 12.3 Å². The summed E-state index contributed by atoms with van der Waals surface area (Å²) in [5.74, 6) is 1.85. The van der Waals surface area contributed by atoms with Gasteiger partial charge in [-0.1, -0.05) is 23.4 Å². The quantitative estimate of drug-likeness (QED) is 0.790. The number of aromatic nitrogens is 2. The highest BCUT2D eigenvalue weighted by atomic mass is 32.2. The third-order valence-corrected chi connectivity index (χ3v) is 4.52. The van der Waals surface area contributed by atoms with Crippen molar-refractivity contribution in [2.45, 2.75) is 25.3 Å². The lowest BCUT2D eigenvalue weighted by atomic mass is 10.3. The molecule has 0 saturated heterocycles. The Kier molecular flexibility index (Phi) is 4.39. The van der Waals surface area contributed by atoms with Crippen molar-refractivity contribution in [3.05, 3.63) is 42.0 Å². The molecule has 0 atom stereocenters. The Bertz CT molecular complexity index is 711. The summed E-state index contributed by atoms with van der Waals surface area (Å²) in [6.45, 7) is 0.0872. The summed E-state index contributed by atoms with van der Waals surface area (Å²) >= 11 is 0. The molecule has 1 aliphatic carbocycles. The molecule has 0 amide bonds. The maximum absolute atomic E-state index is 11.9. The summed E-state index contributed by atoms with van der Waals surface area (Å²) in [4.78, 5) is 4.17. The van der Waals surface area contributed by atoms with E-state index in [0.717, 1.165) is 12.8 Å². The van der Waals surface area contributed by atoms with Gasteiger partial charge in [-0.2, -0.15) is 4.98 Å². The van der Waals surface area contributed by atoms with Gasteiger partial charge < -0.3 is 9.26 Å². The topological polar surface area (TPSA) is 94.3 Å². The summed E-state index contributed by atoms with van der Waals surface area (Å²) in [5.41, 5.74) is 0. The van der Waals surface area contributed by atoms with E-state index in [2.05, 4.69) is 14.9 Å². The second-order valence-electron chi connectivity index (χ2n) is 5.12. The lowest BCUT2D eigenvalue weighted by Crippen LogP contribution is -2.28. The largest absolute Gasteiger partial charge is 0.492 e. The van der Waals surface area contributed by atoms with Crippen LogP contribution in [-0.2, 0) is 16.6 Å². The summed E-state index contributed by atoms with van der Waals surface area (Å²) in [5, 5.41) is 3.84. The zero-order valence-corrected chi connectivity index (χ0v) is 12.8. The molecule has 1 aliphatic rings. The molecular weight excluding hydrogens is 306 g/mol. The van der Waals surface area contributed by atoms with Crippen molar-refractivity contribution in [1.82, 2.24) is 14.9 Å². The molecule has 7 nitrogen and oxygen atoms in total. The third-order valence-electron chi connectivity index (χ3n) is 3.23. The number of benzene rings is 1. The van der Waals surface area contributed by atoms with Gasteiger partial charge in [-0.15, -0.1) is 0 Å². The number of nitrogens with one attached hydrogen (secondary N) is 1. The Morgan fingerprint density at radius 3 is 2.77 bits per heavy atom. The predicted molar refractivity (Wildman–Crippen MR) is 78.8 cm³/mol. The average Bonchev–Trinajstić information content (AvgIpc) is 3.25. The molecule has 0 spiro atoms. The van der Waals surface area contributed by atoms with Crippen LogP contribution in [-0.4, -0.2) is 30.9 Å². The summed E-state index contributed by atoms with van der Waals surface area (Å²) in [6, 6.07) is 9.07. The number of rotatable bonds is 8. The van der Waals surface area contributed by atoms with E-state index in [1.807, 2.05) is 18.2 Å². The van der Waals surface area contributed by atoms with E-state index in [-0.39, 0.29) is 24.8 Å². The fraction of sp³-hybridized carbons (Fsp3) is 0.429. The molecule has 0 unspecified atom stereocenters.